The maximum absolute atomic E-state index is 12.5. The van der Waals surface area contributed by atoms with Crippen LogP contribution in [0.2, 0.25) is 5.02 Å². The summed E-state index contributed by atoms with van der Waals surface area (Å²) in [5.41, 5.74) is 5.79. The number of halogens is 1. The van der Waals surface area contributed by atoms with Gasteiger partial charge in [0.05, 0.1) is 11.2 Å². The van der Waals surface area contributed by atoms with Gasteiger partial charge >= 0.3 is 0 Å². The van der Waals surface area contributed by atoms with Crippen molar-refractivity contribution in [1.29, 1.82) is 0 Å². The molecule has 0 saturated heterocycles. The lowest BCUT2D eigenvalue weighted by atomic mass is 9.82. The molecular formula is C28H18ClNO. The van der Waals surface area contributed by atoms with Crippen LogP contribution >= 0.6 is 11.6 Å². The van der Waals surface area contributed by atoms with Crippen LogP contribution in [0.25, 0.3) is 33.3 Å². The molecule has 1 heterocycles. The number of pyridine rings is 1. The number of fused-ring (bicyclic) bond motifs is 5. The van der Waals surface area contributed by atoms with Gasteiger partial charge in [0, 0.05) is 32.7 Å². The molecule has 31 heavy (non-hydrogen) atoms. The van der Waals surface area contributed by atoms with Gasteiger partial charge in [-0.2, -0.15) is 0 Å². The maximum Gasteiger partial charge on any atom is 0.142 e. The molecule has 0 amide bonds. The molecule has 3 heteroatoms. The van der Waals surface area contributed by atoms with Crippen molar-refractivity contribution >= 4 is 22.5 Å². The molecule has 1 unspecified atom stereocenters. The molecule has 1 aliphatic carbocycles. The van der Waals surface area contributed by atoms with Gasteiger partial charge in [-0.1, -0.05) is 96.5 Å². The Kier molecular flexibility index (Phi) is 4.01. The number of nitrogens with zero attached hydrogens (tertiary/aromatic N) is 1. The summed E-state index contributed by atoms with van der Waals surface area (Å²) in [5, 5.41) is 14.0. The average Bonchev–Trinajstić information content (AvgIpc) is 3.09. The number of hydrogen-bond donors (Lipinski definition) is 1. The third-order valence-electron chi connectivity index (χ3n) is 6.13. The molecule has 1 aliphatic rings. The molecule has 0 fully saturated rings. The van der Waals surface area contributed by atoms with E-state index in [1.165, 1.54) is 0 Å². The van der Waals surface area contributed by atoms with Crippen LogP contribution < -0.4 is 0 Å². The van der Waals surface area contributed by atoms with Crippen LogP contribution in [0, 0.1) is 0 Å². The summed E-state index contributed by atoms with van der Waals surface area (Å²) < 4.78 is 0. The molecule has 1 N–H and O–H groups in total. The molecule has 2 nitrogen and oxygen atoms in total. The SMILES string of the molecule is OC1(c2ccccc2)c2ccc(Cl)cc2-c2c(-c3ccccc3)nc3ccccc3c21. The molecule has 0 bridgehead atoms. The Morgan fingerprint density at radius 3 is 2.19 bits per heavy atom. The smallest absolute Gasteiger partial charge is 0.142 e. The van der Waals surface area contributed by atoms with Crippen molar-refractivity contribution in [1.82, 2.24) is 4.98 Å². The van der Waals surface area contributed by atoms with Crippen LogP contribution in [0.1, 0.15) is 16.7 Å². The fourth-order valence-corrected chi connectivity index (χ4v) is 4.98. The number of hydrogen-bond acceptors (Lipinski definition) is 2. The third-order valence-corrected chi connectivity index (χ3v) is 6.37. The first-order chi connectivity index (χ1) is 15.2. The monoisotopic (exact) mass is 419 g/mol. The first-order valence-corrected chi connectivity index (χ1v) is 10.6. The van der Waals surface area contributed by atoms with Crippen LogP contribution in [0.15, 0.2) is 103 Å². The third kappa shape index (κ3) is 2.59. The predicted octanol–water partition coefficient (Wildman–Crippen LogP) is 6.82. The largest absolute Gasteiger partial charge is 0.376 e. The minimum Gasteiger partial charge on any atom is -0.376 e. The van der Waals surface area contributed by atoms with Crippen LogP contribution in [0.5, 0.6) is 0 Å². The molecule has 1 aromatic heterocycles. The number of benzene rings is 4. The summed E-state index contributed by atoms with van der Waals surface area (Å²) in [6.45, 7) is 0. The van der Waals surface area contributed by atoms with E-state index >= 15 is 0 Å². The molecule has 148 valence electrons. The van der Waals surface area contributed by atoms with Gasteiger partial charge in [0.25, 0.3) is 0 Å². The van der Waals surface area contributed by atoms with E-state index < -0.39 is 5.60 Å². The molecule has 0 aliphatic heterocycles. The topological polar surface area (TPSA) is 33.1 Å². The second-order valence-corrected chi connectivity index (χ2v) is 8.30. The van der Waals surface area contributed by atoms with Gasteiger partial charge in [-0.05, 0) is 29.3 Å². The van der Waals surface area contributed by atoms with E-state index in [9.17, 15) is 5.11 Å². The number of aliphatic hydroxyl groups is 1. The van der Waals surface area contributed by atoms with Crippen molar-refractivity contribution in [3.8, 4) is 22.4 Å². The second-order valence-electron chi connectivity index (χ2n) is 7.86. The highest BCUT2D eigenvalue weighted by Gasteiger charge is 2.46. The lowest BCUT2D eigenvalue weighted by Crippen LogP contribution is -2.26. The standard InChI is InChI=1S/C28H18ClNO/c29-20-15-16-23-22(17-20)25-26(28(23,31)19-11-5-2-6-12-19)21-13-7-8-14-24(21)30-27(25)18-9-3-1-4-10-18/h1-17,31H. The second kappa shape index (κ2) is 6.78. The van der Waals surface area contributed by atoms with Crippen molar-refractivity contribution in [3.05, 3.63) is 125 Å². The Labute approximate surface area is 185 Å². The molecule has 0 saturated carbocycles. The molecule has 1 atom stereocenters. The van der Waals surface area contributed by atoms with Gasteiger partial charge in [0.1, 0.15) is 5.60 Å². The van der Waals surface area contributed by atoms with Crippen LogP contribution in [-0.4, -0.2) is 10.1 Å². The minimum atomic E-state index is -1.30. The maximum atomic E-state index is 12.5. The summed E-state index contributed by atoms with van der Waals surface area (Å²) in [7, 11) is 0. The Hall–Kier alpha value is -3.46. The van der Waals surface area contributed by atoms with Gasteiger partial charge in [0.2, 0.25) is 0 Å². The fourth-order valence-electron chi connectivity index (χ4n) is 4.81. The van der Waals surface area contributed by atoms with Crippen molar-refractivity contribution in [3.63, 3.8) is 0 Å². The quantitative estimate of drug-likeness (QED) is 0.340. The van der Waals surface area contributed by atoms with E-state index in [4.69, 9.17) is 16.6 Å². The lowest BCUT2D eigenvalue weighted by molar-refractivity contribution is 0.132. The predicted molar refractivity (Wildman–Crippen MR) is 126 cm³/mol. The summed E-state index contributed by atoms with van der Waals surface area (Å²) >= 11 is 6.44. The van der Waals surface area contributed by atoms with Gasteiger partial charge in [-0.25, -0.2) is 4.98 Å². The number of para-hydroxylation sites is 1. The summed E-state index contributed by atoms with van der Waals surface area (Å²) in [6.07, 6.45) is 0. The molecule has 0 spiro atoms. The van der Waals surface area contributed by atoms with Crippen molar-refractivity contribution in [2.45, 2.75) is 5.60 Å². The van der Waals surface area contributed by atoms with E-state index in [2.05, 4.69) is 12.1 Å². The van der Waals surface area contributed by atoms with E-state index in [1.54, 1.807) is 0 Å². The number of aromatic nitrogens is 1. The molecule has 6 rings (SSSR count). The Morgan fingerprint density at radius 1 is 0.742 bits per heavy atom. The summed E-state index contributed by atoms with van der Waals surface area (Å²) in [5.74, 6) is 0. The highest BCUT2D eigenvalue weighted by atomic mass is 35.5. The number of rotatable bonds is 2. The Morgan fingerprint density at radius 2 is 1.42 bits per heavy atom. The van der Waals surface area contributed by atoms with Crippen molar-refractivity contribution in [2.24, 2.45) is 0 Å². The van der Waals surface area contributed by atoms with E-state index in [0.29, 0.717) is 5.02 Å². The lowest BCUT2D eigenvalue weighted by Gasteiger charge is -2.28. The van der Waals surface area contributed by atoms with Gasteiger partial charge < -0.3 is 5.11 Å². The highest BCUT2D eigenvalue weighted by molar-refractivity contribution is 6.31. The average molecular weight is 420 g/mol. The van der Waals surface area contributed by atoms with Gasteiger partial charge in [0.15, 0.2) is 0 Å². The van der Waals surface area contributed by atoms with Crippen molar-refractivity contribution < 1.29 is 5.11 Å². The molecule has 0 radical (unpaired) electrons. The van der Waals surface area contributed by atoms with Gasteiger partial charge in [-0.15, -0.1) is 0 Å². The fraction of sp³-hybridized carbons (Fsp3) is 0.0357. The van der Waals surface area contributed by atoms with Crippen LogP contribution in [-0.2, 0) is 5.60 Å². The zero-order valence-corrected chi connectivity index (χ0v) is 17.3. The highest BCUT2D eigenvalue weighted by Crippen LogP contribution is 2.56. The summed E-state index contributed by atoms with van der Waals surface area (Å²) in [4.78, 5) is 5.05. The minimum absolute atomic E-state index is 0.634. The van der Waals surface area contributed by atoms with Crippen LogP contribution in [0.4, 0.5) is 0 Å². The first kappa shape index (κ1) is 18.3. The van der Waals surface area contributed by atoms with E-state index in [0.717, 1.165) is 50.0 Å². The van der Waals surface area contributed by atoms with Gasteiger partial charge in [-0.3, -0.25) is 0 Å². The molecule has 5 aromatic rings. The first-order valence-electron chi connectivity index (χ1n) is 10.2. The zero-order valence-electron chi connectivity index (χ0n) is 16.6. The summed E-state index contributed by atoms with van der Waals surface area (Å²) in [6, 6.07) is 33.7. The van der Waals surface area contributed by atoms with Crippen molar-refractivity contribution in [2.75, 3.05) is 0 Å². The van der Waals surface area contributed by atoms with E-state index in [1.807, 2.05) is 91.0 Å². The van der Waals surface area contributed by atoms with Crippen LogP contribution in [0.3, 0.4) is 0 Å². The molecule has 4 aromatic carbocycles. The Balaban J connectivity index is 1.84. The van der Waals surface area contributed by atoms with E-state index in [-0.39, 0.29) is 0 Å². The molecular weight excluding hydrogens is 402 g/mol. The Bertz CT molecular complexity index is 1450. The normalized spacial score (nSPS) is 16.8. The zero-order chi connectivity index (χ0) is 21.0.